The standard InChI is InChI=1S/C15H21NO5/c1-2-21-9-3-4-14(18)16-13(15(19)20)10-11-5-7-12(17)8-6-11/h5-8,13,17H,2-4,9-10H2,1H3,(H,16,18)(H,19,20). The van der Waals surface area contributed by atoms with E-state index in [1.807, 2.05) is 6.92 Å². The van der Waals surface area contributed by atoms with Gasteiger partial charge in [0.05, 0.1) is 0 Å². The highest BCUT2D eigenvalue weighted by Gasteiger charge is 2.20. The van der Waals surface area contributed by atoms with Crippen molar-refractivity contribution in [1.29, 1.82) is 0 Å². The SMILES string of the molecule is CCOCCCC(=O)NC(Cc1ccc(O)cc1)C(=O)O. The number of benzene rings is 1. The van der Waals surface area contributed by atoms with Crippen molar-refractivity contribution in [2.75, 3.05) is 13.2 Å². The van der Waals surface area contributed by atoms with E-state index in [4.69, 9.17) is 9.84 Å². The van der Waals surface area contributed by atoms with Gasteiger partial charge >= 0.3 is 5.97 Å². The van der Waals surface area contributed by atoms with Crippen LogP contribution >= 0.6 is 0 Å². The van der Waals surface area contributed by atoms with Gasteiger partial charge in [-0.15, -0.1) is 0 Å². The number of hydrogen-bond donors (Lipinski definition) is 3. The zero-order valence-corrected chi connectivity index (χ0v) is 12.0. The van der Waals surface area contributed by atoms with Crippen LogP contribution < -0.4 is 5.32 Å². The fraction of sp³-hybridized carbons (Fsp3) is 0.467. The van der Waals surface area contributed by atoms with Gasteiger partial charge in [0.25, 0.3) is 0 Å². The van der Waals surface area contributed by atoms with Crippen molar-refractivity contribution in [3.8, 4) is 5.75 Å². The van der Waals surface area contributed by atoms with Crippen LogP contribution in [0.2, 0.25) is 0 Å². The summed E-state index contributed by atoms with van der Waals surface area (Å²) >= 11 is 0. The predicted octanol–water partition coefficient (Wildman–Crippen LogP) is 1.32. The Hall–Kier alpha value is -2.08. The minimum absolute atomic E-state index is 0.116. The molecule has 1 amide bonds. The Morgan fingerprint density at radius 1 is 1.29 bits per heavy atom. The van der Waals surface area contributed by atoms with Gasteiger partial charge in [0.1, 0.15) is 11.8 Å². The van der Waals surface area contributed by atoms with Crippen LogP contribution in [-0.4, -0.2) is 41.3 Å². The number of aliphatic carboxylic acids is 1. The molecule has 0 aliphatic rings. The summed E-state index contributed by atoms with van der Waals surface area (Å²) in [6.07, 6.45) is 0.970. The summed E-state index contributed by atoms with van der Waals surface area (Å²) < 4.78 is 5.12. The van der Waals surface area contributed by atoms with Crippen molar-refractivity contribution in [2.24, 2.45) is 0 Å². The fourth-order valence-corrected chi connectivity index (χ4v) is 1.81. The van der Waals surface area contributed by atoms with Gasteiger partial charge in [0, 0.05) is 26.1 Å². The molecule has 0 radical (unpaired) electrons. The normalized spacial score (nSPS) is 11.9. The first-order valence-corrected chi connectivity index (χ1v) is 6.90. The first-order chi connectivity index (χ1) is 10.0. The zero-order valence-electron chi connectivity index (χ0n) is 12.0. The molecule has 6 heteroatoms. The molecular formula is C15H21NO5. The maximum atomic E-state index is 11.7. The molecule has 3 N–H and O–H groups in total. The molecule has 0 aromatic heterocycles. The van der Waals surface area contributed by atoms with Crippen LogP contribution in [0.1, 0.15) is 25.3 Å². The minimum Gasteiger partial charge on any atom is -0.508 e. The molecule has 0 heterocycles. The molecule has 1 aromatic rings. The number of carbonyl (C=O) groups excluding carboxylic acids is 1. The van der Waals surface area contributed by atoms with Crippen LogP contribution in [0.4, 0.5) is 0 Å². The Balaban J connectivity index is 2.48. The number of carboxylic acid groups (broad SMARTS) is 1. The Labute approximate surface area is 123 Å². The quantitative estimate of drug-likeness (QED) is 0.597. The van der Waals surface area contributed by atoms with E-state index in [2.05, 4.69) is 5.32 Å². The lowest BCUT2D eigenvalue weighted by Crippen LogP contribution is -2.42. The van der Waals surface area contributed by atoms with Gasteiger partial charge in [-0.1, -0.05) is 12.1 Å². The Morgan fingerprint density at radius 2 is 1.95 bits per heavy atom. The number of ether oxygens (including phenoxy) is 1. The minimum atomic E-state index is -1.08. The highest BCUT2D eigenvalue weighted by atomic mass is 16.5. The van der Waals surface area contributed by atoms with E-state index >= 15 is 0 Å². The molecule has 1 unspecified atom stereocenters. The predicted molar refractivity (Wildman–Crippen MR) is 77.1 cm³/mol. The lowest BCUT2D eigenvalue weighted by molar-refractivity contribution is -0.141. The highest BCUT2D eigenvalue weighted by Crippen LogP contribution is 2.11. The Morgan fingerprint density at radius 3 is 2.52 bits per heavy atom. The van der Waals surface area contributed by atoms with E-state index in [1.54, 1.807) is 12.1 Å². The van der Waals surface area contributed by atoms with E-state index in [1.165, 1.54) is 12.1 Å². The number of amides is 1. The van der Waals surface area contributed by atoms with Gasteiger partial charge in [-0.2, -0.15) is 0 Å². The van der Waals surface area contributed by atoms with E-state index in [0.29, 0.717) is 19.6 Å². The van der Waals surface area contributed by atoms with E-state index in [-0.39, 0.29) is 24.5 Å². The number of carbonyl (C=O) groups is 2. The van der Waals surface area contributed by atoms with Crippen molar-refractivity contribution in [1.82, 2.24) is 5.32 Å². The van der Waals surface area contributed by atoms with Crippen LogP contribution in [0, 0.1) is 0 Å². The first-order valence-electron chi connectivity index (χ1n) is 6.90. The van der Waals surface area contributed by atoms with E-state index < -0.39 is 12.0 Å². The molecular weight excluding hydrogens is 274 g/mol. The third kappa shape index (κ3) is 6.76. The van der Waals surface area contributed by atoms with Gasteiger partial charge in [-0.3, -0.25) is 4.79 Å². The van der Waals surface area contributed by atoms with Crippen LogP contribution in [0.3, 0.4) is 0 Å². The van der Waals surface area contributed by atoms with Gasteiger partial charge in [-0.25, -0.2) is 4.79 Å². The van der Waals surface area contributed by atoms with Gasteiger partial charge in [0.2, 0.25) is 5.91 Å². The Bertz CT molecular complexity index is 458. The number of aromatic hydroxyl groups is 1. The van der Waals surface area contributed by atoms with Crippen molar-refractivity contribution in [2.45, 2.75) is 32.2 Å². The molecule has 0 saturated heterocycles. The lowest BCUT2D eigenvalue weighted by Gasteiger charge is -2.14. The summed E-state index contributed by atoms with van der Waals surface area (Å²) in [5, 5.41) is 20.8. The van der Waals surface area contributed by atoms with E-state index in [0.717, 1.165) is 5.56 Å². The summed E-state index contributed by atoms with van der Waals surface area (Å²) in [5.74, 6) is -1.27. The number of phenols is 1. The summed E-state index contributed by atoms with van der Waals surface area (Å²) in [5.41, 5.74) is 0.731. The van der Waals surface area contributed by atoms with Gasteiger partial charge in [0.15, 0.2) is 0 Å². The van der Waals surface area contributed by atoms with Crippen molar-refractivity contribution < 1.29 is 24.5 Å². The maximum absolute atomic E-state index is 11.7. The van der Waals surface area contributed by atoms with Crippen molar-refractivity contribution in [3.63, 3.8) is 0 Å². The molecule has 1 rings (SSSR count). The fourth-order valence-electron chi connectivity index (χ4n) is 1.81. The topological polar surface area (TPSA) is 95.9 Å². The second kappa shape index (κ2) is 8.97. The molecule has 116 valence electrons. The first kappa shape index (κ1) is 17.0. The molecule has 1 aromatic carbocycles. The molecule has 21 heavy (non-hydrogen) atoms. The summed E-state index contributed by atoms with van der Waals surface area (Å²) in [4.78, 5) is 22.9. The summed E-state index contributed by atoms with van der Waals surface area (Å²) in [7, 11) is 0. The second-order valence-corrected chi connectivity index (χ2v) is 4.63. The molecule has 1 atom stereocenters. The molecule has 0 saturated carbocycles. The highest BCUT2D eigenvalue weighted by molar-refractivity contribution is 5.83. The Kier molecular flexibility index (Phi) is 7.25. The van der Waals surface area contributed by atoms with Gasteiger partial charge in [-0.05, 0) is 31.0 Å². The number of hydrogen-bond acceptors (Lipinski definition) is 4. The number of nitrogens with one attached hydrogen (secondary N) is 1. The zero-order chi connectivity index (χ0) is 15.7. The molecule has 6 nitrogen and oxygen atoms in total. The summed E-state index contributed by atoms with van der Waals surface area (Å²) in [6, 6.07) is 5.25. The smallest absolute Gasteiger partial charge is 0.326 e. The molecule has 0 bridgehead atoms. The lowest BCUT2D eigenvalue weighted by atomic mass is 10.1. The molecule has 0 aliphatic heterocycles. The third-order valence-corrected chi connectivity index (χ3v) is 2.91. The third-order valence-electron chi connectivity index (χ3n) is 2.91. The maximum Gasteiger partial charge on any atom is 0.326 e. The summed E-state index contributed by atoms with van der Waals surface area (Å²) in [6.45, 7) is 2.96. The van der Waals surface area contributed by atoms with Crippen LogP contribution in [-0.2, 0) is 20.7 Å². The van der Waals surface area contributed by atoms with E-state index in [9.17, 15) is 14.7 Å². The number of carboxylic acids is 1. The average molecular weight is 295 g/mol. The van der Waals surface area contributed by atoms with Crippen LogP contribution in [0.25, 0.3) is 0 Å². The van der Waals surface area contributed by atoms with Crippen molar-refractivity contribution >= 4 is 11.9 Å². The monoisotopic (exact) mass is 295 g/mol. The van der Waals surface area contributed by atoms with Crippen LogP contribution in [0.5, 0.6) is 5.75 Å². The molecule has 0 spiro atoms. The second-order valence-electron chi connectivity index (χ2n) is 4.63. The largest absolute Gasteiger partial charge is 0.508 e. The van der Waals surface area contributed by atoms with Gasteiger partial charge < -0.3 is 20.3 Å². The molecule has 0 aliphatic carbocycles. The average Bonchev–Trinajstić information content (AvgIpc) is 2.45. The van der Waals surface area contributed by atoms with Crippen LogP contribution in [0.15, 0.2) is 24.3 Å². The van der Waals surface area contributed by atoms with Crippen molar-refractivity contribution in [3.05, 3.63) is 29.8 Å². The number of rotatable bonds is 9. The number of phenolic OH excluding ortho intramolecular Hbond substituents is 1. The molecule has 0 fully saturated rings.